The van der Waals surface area contributed by atoms with Crippen molar-refractivity contribution in [3.63, 3.8) is 0 Å². The van der Waals surface area contributed by atoms with E-state index in [1.807, 2.05) is 13.0 Å². The lowest BCUT2D eigenvalue weighted by atomic mass is 9.98. The number of nitrogens with one attached hydrogen (secondary N) is 2. The first-order valence-corrected chi connectivity index (χ1v) is 13.7. The molecular formula is C29H22ClFN8O2. The molecule has 1 amide bonds. The van der Waals surface area contributed by atoms with Crippen LogP contribution in [-0.2, 0) is 11.2 Å². The van der Waals surface area contributed by atoms with Gasteiger partial charge in [-0.2, -0.15) is 0 Å². The summed E-state index contributed by atoms with van der Waals surface area (Å²) in [5.41, 5.74) is 4.37. The molecule has 3 aliphatic rings. The van der Waals surface area contributed by atoms with Crippen LogP contribution in [0, 0.1) is 18.7 Å². The van der Waals surface area contributed by atoms with Gasteiger partial charge in [0.15, 0.2) is 0 Å². The first kappa shape index (κ1) is 24.2. The summed E-state index contributed by atoms with van der Waals surface area (Å²) >= 11 is 6.35. The van der Waals surface area contributed by atoms with Gasteiger partial charge < -0.3 is 10.3 Å². The Morgan fingerprint density at radius 1 is 1.10 bits per heavy atom. The number of aromatic nitrogens is 7. The molecule has 10 nitrogen and oxygen atoms in total. The van der Waals surface area contributed by atoms with Gasteiger partial charge in [-0.05, 0) is 56.0 Å². The van der Waals surface area contributed by atoms with Gasteiger partial charge in [-0.1, -0.05) is 16.8 Å². The lowest BCUT2D eigenvalue weighted by molar-refractivity contribution is -0.116. The van der Waals surface area contributed by atoms with Gasteiger partial charge in [-0.15, -0.1) is 5.10 Å². The average molecular weight is 569 g/mol. The Bertz CT molecular complexity index is 1980. The quantitative estimate of drug-likeness (QED) is 0.327. The number of benzene rings is 2. The maximum absolute atomic E-state index is 15.4. The summed E-state index contributed by atoms with van der Waals surface area (Å²) in [6.07, 6.45) is 4.87. The van der Waals surface area contributed by atoms with Gasteiger partial charge in [0.2, 0.25) is 5.91 Å². The predicted octanol–water partition coefficient (Wildman–Crippen LogP) is 4.57. The number of amides is 1. The maximum Gasteiger partial charge on any atom is 0.254 e. The smallest absolute Gasteiger partial charge is 0.254 e. The molecule has 5 heterocycles. The monoisotopic (exact) mass is 568 g/mol. The third-order valence-corrected chi connectivity index (χ3v) is 8.44. The summed E-state index contributed by atoms with van der Waals surface area (Å²) in [7, 11) is 0. The van der Waals surface area contributed by atoms with Crippen molar-refractivity contribution in [3.8, 4) is 28.2 Å². The van der Waals surface area contributed by atoms with Crippen molar-refractivity contribution in [2.24, 2.45) is 5.92 Å². The van der Waals surface area contributed by atoms with Crippen LogP contribution in [-0.4, -0.2) is 40.4 Å². The summed E-state index contributed by atoms with van der Waals surface area (Å²) in [5.74, 6) is 1.10. The second-order valence-corrected chi connectivity index (χ2v) is 11.2. The molecule has 0 saturated heterocycles. The summed E-state index contributed by atoms with van der Waals surface area (Å²) in [6, 6.07) is 9.92. The highest BCUT2D eigenvalue weighted by atomic mass is 35.5. The number of nitrogens with zero attached hydrogens (tertiary/aromatic N) is 6. The lowest BCUT2D eigenvalue weighted by Gasteiger charge is -2.19. The standard InChI is InChI=1S/C29H22ClFN8O2/c1-13-12-38(37-36-13)23-6-2-14(30)8-19(23)21-10-25(41)39-27(17-9-18(17)29(39)35-21)28-32-11-22(34-28)16-3-5-20-15(26(16)31)4-7-24(40)33-20/h2-3,5-6,8,10-12,17-18,27H,4,7,9H2,1H3,(H,32,34)(H,33,40). The Kier molecular flexibility index (Phi) is 5.12. The number of halogens is 2. The largest absolute Gasteiger partial charge is 0.340 e. The number of H-pyrrole nitrogens is 1. The second-order valence-electron chi connectivity index (χ2n) is 10.8. The number of hydrogen-bond acceptors (Lipinski definition) is 6. The average Bonchev–Trinajstić information content (AvgIpc) is 3.24. The molecule has 41 heavy (non-hydrogen) atoms. The second kappa shape index (κ2) is 8.68. The summed E-state index contributed by atoms with van der Waals surface area (Å²) in [4.78, 5) is 38.2. The molecule has 1 saturated carbocycles. The molecule has 8 rings (SSSR count). The van der Waals surface area contributed by atoms with Gasteiger partial charge in [0.1, 0.15) is 17.5 Å². The molecule has 3 aromatic heterocycles. The number of carbonyl (C=O) groups is 1. The van der Waals surface area contributed by atoms with E-state index in [-0.39, 0.29) is 41.6 Å². The molecule has 0 bridgehead atoms. The molecule has 0 spiro atoms. The minimum absolute atomic E-state index is 0.116. The summed E-state index contributed by atoms with van der Waals surface area (Å²) < 4.78 is 18.8. The van der Waals surface area contributed by atoms with Crippen LogP contribution in [0.4, 0.5) is 10.1 Å². The fourth-order valence-electron chi connectivity index (χ4n) is 6.21. The number of aryl methyl sites for hydroxylation is 1. The van der Waals surface area contributed by atoms with Crippen molar-refractivity contribution in [2.45, 2.75) is 38.1 Å². The normalized spacial score (nSPS) is 20.4. The number of aromatic amines is 1. The van der Waals surface area contributed by atoms with E-state index in [9.17, 15) is 9.59 Å². The van der Waals surface area contributed by atoms with Crippen LogP contribution >= 0.6 is 11.6 Å². The number of anilines is 1. The number of imidazole rings is 1. The molecular weight excluding hydrogens is 547 g/mol. The zero-order chi connectivity index (χ0) is 28.0. The van der Waals surface area contributed by atoms with Gasteiger partial charge in [-0.25, -0.2) is 19.0 Å². The molecule has 2 aliphatic heterocycles. The first-order valence-electron chi connectivity index (χ1n) is 13.3. The van der Waals surface area contributed by atoms with Gasteiger partial charge in [0.05, 0.1) is 41.2 Å². The van der Waals surface area contributed by atoms with Crippen LogP contribution in [0.3, 0.4) is 0 Å². The van der Waals surface area contributed by atoms with Crippen LogP contribution in [0.1, 0.15) is 47.7 Å². The van der Waals surface area contributed by atoms with Crippen molar-refractivity contribution in [1.29, 1.82) is 0 Å². The molecule has 0 radical (unpaired) electrons. The number of hydrogen-bond donors (Lipinski definition) is 2. The summed E-state index contributed by atoms with van der Waals surface area (Å²) in [5, 5.41) is 11.5. The molecule has 3 unspecified atom stereocenters. The van der Waals surface area contributed by atoms with Gasteiger partial charge >= 0.3 is 0 Å². The van der Waals surface area contributed by atoms with E-state index in [2.05, 4.69) is 25.6 Å². The van der Waals surface area contributed by atoms with Crippen molar-refractivity contribution in [3.05, 3.63) is 92.9 Å². The van der Waals surface area contributed by atoms with E-state index >= 15 is 4.39 Å². The number of rotatable bonds is 4. The topological polar surface area (TPSA) is 123 Å². The number of carbonyl (C=O) groups excluding carboxylic acids is 1. The van der Waals surface area contributed by atoms with Crippen LogP contribution in [0.25, 0.3) is 28.2 Å². The first-order chi connectivity index (χ1) is 19.9. The molecule has 1 fully saturated rings. The van der Waals surface area contributed by atoms with E-state index in [4.69, 9.17) is 16.6 Å². The van der Waals surface area contributed by atoms with Crippen molar-refractivity contribution in [2.75, 3.05) is 5.32 Å². The Hall–Kier alpha value is -4.64. The summed E-state index contributed by atoms with van der Waals surface area (Å²) in [6.45, 7) is 1.85. The molecule has 5 aromatic rings. The molecule has 2 aromatic carbocycles. The van der Waals surface area contributed by atoms with E-state index in [0.717, 1.165) is 17.8 Å². The molecule has 2 N–H and O–H groups in total. The lowest BCUT2D eigenvalue weighted by Crippen LogP contribution is -2.27. The van der Waals surface area contributed by atoms with E-state index in [0.29, 0.717) is 56.9 Å². The van der Waals surface area contributed by atoms with E-state index in [1.54, 1.807) is 45.9 Å². The fraction of sp³-hybridized carbons (Fsp3) is 0.241. The minimum Gasteiger partial charge on any atom is -0.340 e. The van der Waals surface area contributed by atoms with Gasteiger partial charge in [-0.3, -0.25) is 14.2 Å². The Balaban J connectivity index is 1.18. The molecule has 3 atom stereocenters. The molecule has 1 aliphatic carbocycles. The van der Waals surface area contributed by atoms with E-state index < -0.39 is 0 Å². The van der Waals surface area contributed by atoms with Crippen LogP contribution in [0.2, 0.25) is 5.02 Å². The van der Waals surface area contributed by atoms with Gasteiger partial charge in [0.25, 0.3) is 5.56 Å². The zero-order valence-corrected chi connectivity index (χ0v) is 22.5. The predicted molar refractivity (Wildman–Crippen MR) is 149 cm³/mol. The highest BCUT2D eigenvalue weighted by molar-refractivity contribution is 6.31. The third kappa shape index (κ3) is 3.76. The van der Waals surface area contributed by atoms with Crippen LogP contribution in [0.15, 0.2) is 53.6 Å². The van der Waals surface area contributed by atoms with Crippen molar-refractivity contribution >= 4 is 23.2 Å². The van der Waals surface area contributed by atoms with Crippen LogP contribution in [0.5, 0.6) is 0 Å². The van der Waals surface area contributed by atoms with Crippen molar-refractivity contribution in [1.82, 2.24) is 34.5 Å². The van der Waals surface area contributed by atoms with Gasteiger partial charge in [0, 0.05) is 45.8 Å². The number of fused-ring (bicyclic) bond motifs is 4. The zero-order valence-electron chi connectivity index (χ0n) is 21.7. The Morgan fingerprint density at radius 2 is 1.98 bits per heavy atom. The SMILES string of the molecule is Cc1cn(-c2ccc(Cl)cc2-c2cc(=O)n3c(n2)C2CC2C3c2ncc(-c3ccc4c(c3F)CCC(=O)N4)[nH]2)nn1. The Morgan fingerprint density at radius 3 is 2.80 bits per heavy atom. The Labute approximate surface area is 237 Å². The highest BCUT2D eigenvalue weighted by Gasteiger charge is 2.55. The van der Waals surface area contributed by atoms with E-state index in [1.165, 1.54) is 6.07 Å². The third-order valence-electron chi connectivity index (χ3n) is 8.21. The minimum atomic E-state index is -0.378. The maximum atomic E-state index is 15.4. The molecule has 12 heteroatoms. The van der Waals surface area contributed by atoms with Crippen LogP contribution < -0.4 is 10.9 Å². The fourth-order valence-corrected chi connectivity index (χ4v) is 6.38. The molecule has 204 valence electrons. The highest BCUT2D eigenvalue weighted by Crippen LogP contribution is 2.59. The van der Waals surface area contributed by atoms with Crippen molar-refractivity contribution < 1.29 is 9.18 Å².